The summed E-state index contributed by atoms with van der Waals surface area (Å²) in [4.78, 5) is 33.9. The smallest absolute Gasteiger partial charge is 0.330 e. The number of carbonyl (C=O) groups excluding carboxylic acids is 1. The highest BCUT2D eigenvalue weighted by Gasteiger charge is 2.15. The number of hydrogen-bond donors (Lipinski definition) is 0. The number of ether oxygens (including phenoxy) is 2. The van der Waals surface area contributed by atoms with E-state index < -0.39 is 5.97 Å². The van der Waals surface area contributed by atoms with Crippen molar-refractivity contribution in [3.63, 3.8) is 0 Å². The molecule has 5 rings (SSSR count). The molecule has 2 aromatic carbocycles. The third kappa shape index (κ3) is 5.53. The normalized spacial score (nSPS) is 11.1. The van der Waals surface area contributed by atoms with E-state index in [1.54, 1.807) is 22.7 Å². The minimum atomic E-state index is -0.515. The fraction of sp³-hybridized carbons (Fsp3) is 0.0909. The van der Waals surface area contributed by atoms with Crippen LogP contribution in [-0.2, 0) is 9.53 Å². The Morgan fingerprint density at radius 1 is 0.824 bits per heavy atom. The van der Waals surface area contributed by atoms with Gasteiger partial charge in [-0.2, -0.15) is 15.0 Å². The first kappa shape index (κ1) is 22.7. The number of fused-ring (bicyclic) bond motifs is 2. The number of aromatic nitrogens is 5. The third-order valence-electron chi connectivity index (χ3n) is 4.21. The van der Waals surface area contributed by atoms with Crippen molar-refractivity contribution in [3.8, 4) is 6.01 Å². The van der Waals surface area contributed by atoms with E-state index in [2.05, 4.69) is 31.5 Å². The van der Waals surface area contributed by atoms with Crippen molar-refractivity contribution in [2.45, 2.75) is 19.0 Å². The summed E-state index contributed by atoms with van der Waals surface area (Å²) in [6, 6.07) is 16.0. The van der Waals surface area contributed by atoms with E-state index in [0.717, 1.165) is 35.2 Å². The average molecular weight is 526 g/mol. The molecule has 5 aromatic rings. The van der Waals surface area contributed by atoms with Gasteiger partial charge >= 0.3 is 12.0 Å². The van der Waals surface area contributed by atoms with E-state index >= 15 is 0 Å². The highest BCUT2D eigenvalue weighted by molar-refractivity contribution is 8.01. The molecule has 0 radical (unpaired) electrons. The molecule has 0 saturated carbocycles. The Morgan fingerprint density at radius 3 is 1.91 bits per heavy atom. The van der Waals surface area contributed by atoms with Crippen LogP contribution in [0, 0.1) is 0 Å². The number of hydrogen-bond acceptors (Lipinski definition) is 12. The maximum absolute atomic E-state index is 11.2. The molecule has 0 fully saturated rings. The summed E-state index contributed by atoms with van der Waals surface area (Å²) >= 11 is 5.81. The topological polar surface area (TPSA) is 100.0 Å². The van der Waals surface area contributed by atoms with Crippen molar-refractivity contribution in [1.29, 1.82) is 0 Å². The lowest BCUT2D eigenvalue weighted by molar-refractivity contribution is -0.138. The maximum atomic E-state index is 11.2. The van der Waals surface area contributed by atoms with Crippen molar-refractivity contribution < 1.29 is 14.3 Å². The van der Waals surface area contributed by atoms with Gasteiger partial charge in [0.1, 0.15) is 13.2 Å². The van der Waals surface area contributed by atoms with Crippen LogP contribution in [0.25, 0.3) is 20.4 Å². The monoisotopic (exact) mass is 525 g/mol. The number of nitrogens with zero attached hydrogens (tertiary/aromatic N) is 5. The van der Waals surface area contributed by atoms with Crippen molar-refractivity contribution in [3.05, 3.63) is 61.2 Å². The second kappa shape index (κ2) is 10.5. The number of esters is 1. The van der Waals surface area contributed by atoms with Gasteiger partial charge in [-0.05, 0) is 47.8 Å². The molecule has 3 aromatic heterocycles. The van der Waals surface area contributed by atoms with E-state index in [1.165, 1.54) is 23.5 Å². The SMILES string of the molecule is C=CC(=O)OCCOc1nc(Sc2nc3ccccc3s2)nc(Sc2nc3ccccc3s2)n1. The third-order valence-corrected chi connectivity index (χ3v) is 8.13. The molecule has 0 aliphatic rings. The second-order valence-electron chi connectivity index (χ2n) is 6.50. The lowest BCUT2D eigenvalue weighted by Gasteiger charge is -2.07. The number of carbonyl (C=O) groups is 1. The summed E-state index contributed by atoms with van der Waals surface area (Å²) in [5, 5.41) is 0.909. The molecule has 0 bridgehead atoms. The summed E-state index contributed by atoms with van der Waals surface area (Å²) in [6.07, 6.45) is 1.10. The van der Waals surface area contributed by atoms with Crippen LogP contribution in [0.2, 0.25) is 0 Å². The predicted molar refractivity (Wildman–Crippen MR) is 134 cm³/mol. The van der Waals surface area contributed by atoms with E-state index in [1.807, 2.05) is 48.5 Å². The van der Waals surface area contributed by atoms with Crippen LogP contribution in [0.3, 0.4) is 0 Å². The molecular weight excluding hydrogens is 511 g/mol. The Hall–Kier alpha value is -3.06. The summed E-state index contributed by atoms with van der Waals surface area (Å²) in [5.74, 6) is -0.515. The lowest BCUT2D eigenvalue weighted by atomic mass is 10.3. The van der Waals surface area contributed by atoms with Crippen LogP contribution in [0.1, 0.15) is 0 Å². The van der Waals surface area contributed by atoms with Crippen LogP contribution < -0.4 is 4.74 Å². The van der Waals surface area contributed by atoms with Gasteiger partial charge in [0, 0.05) is 6.08 Å². The van der Waals surface area contributed by atoms with Gasteiger partial charge in [0.15, 0.2) is 8.68 Å². The molecule has 34 heavy (non-hydrogen) atoms. The Labute approximate surface area is 210 Å². The molecule has 12 heteroatoms. The van der Waals surface area contributed by atoms with E-state index in [-0.39, 0.29) is 19.2 Å². The van der Waals surface area contributed by atoms with Gasteiger partial charge in [-0.25, -0.2) is 14.8 Å². The average Bonchev–Trinajstić information content (AvgIpc) is 3.44. The molecule has 0 saturated heterocycles. The van der Waals surface area contributed by atoms with Gasteiger partial charge in [0.2, 0.25) is 10.3 Å². The Kier molecular flexibility index (Phi) is 7.00. The minimum Gasteiger partial charge on any atom is -0.460 e. The first-order valence-corrected chi connectivity index (χ1v) is 13.2. The van der Waals surface area contributed by atoms with Gasteiger partial charge in [0.05, 0.1) is 20.4 Å². The molecule has 3 heterocycles. The van der Waals surface area contributed by atoms with Crippen molar-refractivity contribution >= 4 is 72.6 Å². The lowest BCUT2D eigenvalue weighted by Crippen LogP contribution is -2.12. The van der Waals surface area contributed by atoms with Gasteiger partial charge < -0.3 is 9.47 Å². The van der Waals surface area contributed by atoms with Crippen LogP contribution in [0.15, 0.2) is 80.2 Å². The Morgan fingerprint density at radius 2 is 1.38 bits per heavy atom. The number of rotatable bonds is 9. The standard InChI is InChI=1S/C22H15N5O3S4/c1-2-17(28)29-11-12-30-18-25-19(33-21-23-13-7-3-5-9-15(13)31-21)27-20(26-18)34-22-24-14-8-4-6-10-16(14)32-22/h2-10H,1,11-12H2. The van der Waals surface area contributed by atoms with E-state index in [4.69, 9.17) is 9.47 Å². The van der Waals surface area contributed by atoms with Gasteiger partial charge in [-0.15, -0.1) is 22.7 Å². The van der Waals surface area contributed by atoms with Gasteiger partial charge in [-0.1, -0.05) is 30.8 Å². The van der Waals surface area contributed by atoms with Crippen LogP contribution >= 0.6 is 46.2 Å². The fourth-order valence-corrected chi connectivity index (χ4v) is 6.64. The Balaban J connectivity index is 1.39. The van der Waals surface area contributed by atoms with Crippen molar-refractivity contribution in [2.75, 3.05) is 13.2 Å². The van der Waals surface area contributed by atoms with Gasteiger partial charge in [0.25, 0.3) is 0 Å². The molecule has 8 nitrogen and oxygen atoms in total. The van der Waals surface area contributed by atoms with E-state index in [9.17, 15) is 4.79 Å². The van der Waals surface area contributed by atoms with Crippen LogP contribution in [-0.4, -0.2) is 44.1 Å². The molecular formula is C22H15N5O3S4. The molecule has 170 valence electrons. The predicted octanol–water partition coefficient (Wildman–Crippen LogP) is 5.50. The number of thiazole rings is 2. The highest BCUT2D eigenvalue weighted by atomic mass is 32.2. The zero-order chi connectivity index (χ0) is 23.3. The molecule has 0 spiro atoms. The maximum Gasteiger partial charge on any atom is 0.330 e. The quantitative estimate of drug-likeness (QED) is 0.139. The molecule has 0 atom stereocenters. The summed E-state index contributed by atoms with van der Waals surface area (Å²) in [6.45, 7) is 3.52. The van der Waals surface area contributed by atoms with Gasteiger partial charge in [-0.3, -0.25) is 0 Å². The fourth-order valence-electron chi connectivity index (χ4n) is 2.76. The molecule has 0 aliphatic heterocycles. The number of benzene rings is 2. The highest BCUT2D eigenvalue weighted by Crippen LogP contribution is 2.36. The second-order valence-corrected chi connectivity index (χ2v) is 11.0. The number of para-hydroxylation sites is 2. The largest absolute Gasteiger partial charge is 0.460 e. The molecule has 0 unspecified atom stereocenters. The molecule has 0 N–H and O–H groups in total. The summed E-state index contributed by atoms with van der Waals surface area (Å²) in [5.41, 5.74) is 1.85. The van der Waals surface area contributed by atoms with Crippen LogP contribution in [0.4, 0.5) is 0 Å². The first-order valence-electron chi connectivity index (χ1n) is 9.91. The first-order chi connectivity index (χ1) is 16.7. The zero-order valence-corrected chi connectivity index (χ0v) is 20.7. The van der Waals surface area contributed by atoms with Crippen LogP contribution in [0.5, 0.6) is 6.01 Å². The Bertz CT molecular complexity index is 1330. The summed E-state index contributed by atoms with van der Waals surface area (Å²) < 4.78 is 14.4. The van der Waals surface area contributed by atoms with E-state index in [0.29, 0.717) is 10.3 Å². The molecule has 0 aliphatic carbocycles. The zero-order valence-electron chi connectivity index (χ0n) is 17.4. The minimum absolute atomic E-state index is 0.0528. The molecule has 0 amide bonds. The van der Waals surface area contributed by atoms with Crippen molar-refractivity contribution in [1.82, 2.24) is 24.9 Å². The summed E-state index contributed by atoms with van der Waals surface area (Å²) in [7, 11) is 0. The van der Waals surface area contributed by atoms with Crippen molar-refractivity contribution in [2.24, 2.45) is 0 Å².